The first-order chi connectivity index (χ1) is 40.0. The molecule has 6 nitrogen and oxygen atoms in total. The van der Waals surface area contributed by atoms with Crippen molar-refractivity contribution < 1.29 is 28.6 Å². The number of carbonyl (C=O) groups excluding carboxylic acids is 3. The molecule has 0 aliphatic rings. The second-order valence-corrected chi connectivity index (χ2v) is 22.7. The monoisotopic (exact) mass is 1120 g/mol. The van der Waals surface area contributed by atoms with Crippen LogP contribution in [0.25, 0.3) is 0 Å². The lowest BCUT2D eigenvalue weighted by Crippen LogP contribution is -2.30. The van der Waals surface area contributed by atoms with Crippen LogP contribution in [0.5, 0.6) is 0 Å². The van der Waals surface area contributed by atoms with Crippen LogP contribution in [0.4, 0.5) is 0 Å². The Hall–Kier alpha value is -3.93. The van der Waals surface area contributed by atoms with Crippen LogP contribution < -0.4 is 0 Å². The summed E-state index contributed by atoms with van der Waals surface area (Å²) in [5.41, 5.74) is 0. The van der Waals surface area contributed by atoms with E-state index in [0.717, 1.165) is 89.9 Å². The third-order valence-electron chi connectivity index (χ3n) is 14.7. The average molecular weight is 1130 g/mol. The van der Waals surface area contributed by atoms with Gasteiger partial charge in [-0.25, -0.2) is 0 Å². The summed E-state index contributed by atoms with van der Waals surface area (Å²) in [6.07, 6.45) is 93.9. The third-order valence-corrected chi connectivity index (χ3v) is 14.7. The number of ether oxygens (including phenoxy) is 3. The van der Waals surface area contributed by atoms with Crippen molar-refractivity contribution in [3.8, 4) is 0 Å². The summed E-state index contributed by atoms with van der Waals surface area (Å²) >= 11 is 0. The lowest BCUT2D eigenvalue weighted by atomic mass is 10.1. The molecule has 0 heterocycles. The molecular formula is C75H128O6. The number of rotatable bonds is 62. The van der Waals surface area contributed by atoms with E-state index < -0.39 is 6.10 Å². The summed E-state index contributed by atoms with van der Waals surface area (Å²) in [7, 11) is 0. The molecule has 0 aromatic carbocycles. The number of carbonyl (C=O) groups is 3. The molecule has 6 heteroatoms. The van der Waals surface area contributed by atoms with Gasteiger partial charge in [-0.2, -0.15) is 0 Å². The van der Waals surface area contributed by atoms with Crippen molar-refractivity contribution in [3.05, 3.63) is 109 Å². The number of allylic oxidation sites excluding steroid dienone is 18. The minimum absolute atomic E-state index is 0.0975. The van der Waals surface area contributed by atoms with Crippen LogP contribution in [0.15, 0.2) is 109 Å². The second-order valence-electron chi connectivity index (χ2n) is 22.7. The van der Waals surface area contributed by atoms with E-state index in [1.807, 2.05) is 0 Å². The highest BCUT2D eigenvalue weighted by molar-refractivity contribution is 5.71. The summed E-state index contributed by atoms with van der Waals surface area (Å²) < 4.78 is 16.9. The first kappa shape index (κ1) is 77.1. The molecule has 0 amide bonds. The Labute approximate surface area is 501 Å². The number of esters is 3. The maximum atomic E-state index is 13.0. The predicted molar refractivity (Wildman–Crippen MR) is 353 cm³/mol. The van der Waals surface area contributed by atoms with E-state index in [2.05, 4.69) is 130 Å². The van der Waals surface area contributed by atoms with Gasteiger partial charge in [0.2, 0.25) is 0 Å². The molecular weight excluding hydrogens is 997 g/mol. The SMILES string of the molecule is CC/C=C\C/C=C\C/C=C\C/C=C\C/C=C\C/C=C\C/C=C\CCCC(=O)OCC(COC(=O)CCCCCCCCCCC/C=C\CCCCCCCC)OC(=O)CCCCCCCCCCC/C=C\CCCCCCCCCC. The fraction of sp³-hybridized carbons (Fsp3) is 0.720. The van der Waals surface area contributed by atoms with Crippen LogP contribution in [-0.4, -0.2) is 37.2 Å². The van der Waals surface area contributed by atoms with Gasteiger partial charge in [-0.3, -0.25) is 14.4 Å². The minimum Gasteiger partial charge on any atom is -0.462 e. The normalized spacial score (nSPS) is 12.8. The van der Waals surface area contributed by atoms with E-state index >= 15 is 0 Å². The third kappa shape index (κ3) is 66.8. The number of hydrogen-bond donors (Lipinski definition) is 0. The molecule has 464 valence electrons. The molecule has 0 saturated heterocycles. The van der Waals surface area contributed by atoms with Gasteiger partial charge in [0.15, 0.2) is 6.10 Å². The average Bonchev–Trinajstić information content (AvgIpc) is 3.47. The van der Waals surface area contributed by atoms with E-state index in [1.165, 1.54) is 193 Å². The van der Waals surface area contributed by atoms with Crippen LogP contribution in [0, 0.1) is 0 Å². The molecule has 1 atom stereocenters. The molecule has 0 bridgehead atoms. The van der Waals surface area contributed by atoms with Crippen molar-refractivity contribution in [2.45, 2.75) is 335 Å². The highest BCUT2D eigenvalue weighted by atomic mass is 16.6. The van der Waals surface area contributed by atoms with Crippen LogP contribution >= 0.6 is 0 Å². The molecule has 0 aliphatic carbocycles. The van der Waals surface area contributed by atoms with E-state index in [-0.39, 0.29) is 37.5 Å². The molecule has 1 unspecified atom stereocenters. The standard InChI is InChI=1S/C75H128O6/c1-4-7-10-13-16-19-22-25-28-31-34-36-37-39-41-44-47-50-53-56-59-62-65-68-74(77)80-71-72(70-79-73(76)67-64-61-58-55-52-49-46-43-40-33-30-27-24-21-18-15-12-9-6-3)81-75(78)69-66-63-60-57-54-51-48-45-42-38-35-32-29-26-23-20-17-14-11-8-5-2/h7,10,16,19,25,27-28,30,32,34-36,39,41,47,50,56,59,72H,4-6,8-9,11-15,17-18,20-24,26,29,31,33,37-38,40,42-46,48-49,51-55,57-58,60-71H2,1-3H3/b10-7-,19-16-,28-25-,30-27-,35-32-,36-34-,41-39-,50-47-,59-56-. The second kappa shape index (κ2) is 68.6. The Morgan fingerprint density at radius 3 is 0.815 bits per heavy atom. The van der Waals surface area contributed by atoms with E-state index in [9.17, 15) is 14.4 Å². The van der Waals surface area contributed by atoms with Gasteiger partial charge in [0, 0.05) is 19.3 Å². The molecule has 0 N–H and O–H groups in total. The van der Waals surface area contributed by atoms with Gasteiger partial charge < -0.3 is 14.2 Å². The fourth-order valence-corrected chi connectivity index (χ4v) is 9.60. The molecule has 0 aliphatic heterocycles. The Kier molecular flexibility index (Phi) is 65.2. The van der Waals surface area contributed by atoms with Crippen molar-refractivity contribution in [2.24, 2.45) is 0 Å². The van der Waals surface area contributed by atoms with Gasteiger partial charge in [-0.05, 0) is 122 Å². The molecule has 0 aromatic heterocycles. The Morgan fingerprint density at radius 1 is 0.259 bits per heavy atom. The molecule has 0 rings (SSSR count). The molecule has 0 aromatic rings. The molecule has 81 heavy (non-hydrogen) atoms. The van der Waals surface area contributed by atoms with E-state index in [1.54, 1.807) is 0 Å². The van der Waals surface area contributed by atoms with Crippen LogP contribution in [0.2, 0.25) is 0 Å². The van der Waals surface area contributed by atoms with E-state index in [0.29, 0.717) is 19.3 Å². The highest BCUT2D eigenvalue weighted by Gasteiger charge is 2.19. The van der Waals surface area contributed by atoms with Crippen LogP contribution in [-0.2, 0) is 28.6 Å². The zero-order chi connectivity index (χ0) is 58.5. The highest BCUT2D eigenvalue weighted by Crippen LogP contribution is 2.16. The maximum absolute atomic E-state index is 13.0. The van der Waals surface area contributed by atoms with Crippen molar-refractivity contribution in [1.82, 2.24) is 0 Å². The largest absolute Gasteiger partial charge is 0.462 e. The van der Waals surface area contributed by atoms with Gasteiger partial charge in [0.25, 0.3) is 0 Å². The maximum Gasteiger partial charge on any atom is 0.306 e. The topological polar surface area (TPSA) is 78.9 Å². The zero-order valence-electron chi connectivity index (χ0n) is 53.3. The number of hydrogen-bond acceptors (Lipinski definition) is 6. The first-order valence-corrected chi connectivity index (χ1v) is 34.4. The van der Waals surface area contributed by atoms with Gasteiger partial charge in [0.05, 0.1) is 0 Å². The van der Waals surface area contributed by atoms with Crippen molar-refractivity contribution >= 4 is 17.9 Å². The molecule has 0 spiro atoms. The van der Waals surface area contributed by atoms with Crippen molar-refractivity contribution in [2.75, 3.05) is 13.2 Å². The van der Waals surface area contributed by atoms with Gasteiger partial charge in [0.1, 0.15) is 13.2 Å². The Balaban J connectivity index is 4.48. The first-order valence-electron chi connectivity index (χ1n) is 34.4. The van der Waals surface area contributed by atoms with Gasteiger partial charge >= 0.3 is 17.9 Å². The zero-order valence-corrected chi connectivity index (χ0v) is 53.3. The summed E-state index contributed by atoms with van der Waals surface area (Å²) in [4.78, 5) is 38.4. The Morgan fingerprint density at radius 2 is 0.494 bits per heavy atom. The quantitative estimate of drug-likeness (QED) is 0.0261. The number of unbranched alkanes of at least 4 members (excludes halogenated alkanes) is 33. The van der Waals surface area contributed by atoms with Crippen LogP contribution in [0.1, 0.15) is 329 Å². The van der Waals surface area contributed by atoms with Gasteiger partial charge in [-0.1, -0.05) is 297 Å². The van der Waals surface area contributed by atoms with Gasteiger partial charge in [-0.15, -0.1) is 0 Å². The molecule has 0 fully saturated rings. The fourth-order valence-electron chi connectivity index (χ4n) is 9.60. The minimum atomic E-state index is -0.807. The summed E-state index contributed by atoms with van der Waals surface area (Å²) in [6.45, 7) is 6.51. The summed E-state index contributed by atoms with van der Waals surface area (Å²) in [6, 6.07) is 0. The summed E-state index contributed by atoms with van der Waals surface area (Å²) in [5, 5.41) is 0. The summed E-state index contributed by atoms with van der Waals surface area (Å²) in [5.74, 6) is -0.952. The van der Waals surface area contributed by atoms with Crippen molar-refractivity contribution in [3.63, 3.8) is 0 Å². The van der Waals surface area contributed by atoms with Crippen molar-refractivity contribution in [1.29, 1.82) is 0 Å². The lowest BCUT2D eigenvalue weighted by molar-refractivity contribution is -0.167. The molecule has 0 saturated carbocycles. The lowest BCUT2D eigenvalue weighted by Gasteiger charge is -2.18. The molecule has 0 radical (unpaired) electrons. The van der Waals surface area contributed by atoms with Crippen LogP contribution in [0.3, 0.4) is 0 Å². The smallest absolute Gasteiger partial charge is 0.306 e. The Bertz CT molecular complexity index is 1620. The van der Waals surface area contributed by atoms with E-state index in [4.69, 9.17) is 14.2 Å². The predicted octanol–water partition coefficient (Wildman–Crippen LogP) is 23.8.